The van der Waals surface area contributed by atoms with E-state index < -0.39 is 5.97 Å². The number of carbonyl (C=O) groups is 1. The van der Waals surface area contributed by atoms with Crippen LogP contribution >= 0.6 is 0 Å². The van der Waals surface area contributed by atoms with Gasteiger partial charge in [-0.05, 0) is 6.08 Å². The molecule has 1 aromatic heterocycles. The molecule has 1 rings (SSSR count). The fraction of sp³-hybridized carbons (Fsp3) is 0.125. The average molecular weight is 164 g/mol. The fourth-order valence-corrected chi connectivity index (χ4v) is 0.682. The second-order valence-electron chi connectivity index (χ2n) is 2.02. The molecule has 1 heterocycles. The lowest BCUT2D eigenvalue weighted by molar-refractivity contribution is 0.0593. The van der Waals surface area contributed by atoms with Gasteiger partial charge < -0.3 is 4.74 Å². The molecule has 0 aliphatic rings. The first-order chi connectivity index (χ1) is 5.77. The first-order valence-corrected chi connectivity index (χ1v) is 3.30. The Morgan fingerprint density at radius 3 is 3.00 bits per heavy atom. The summed E-state index contributed by atoms with van der Waals surface area (Å²) in [6.07, 6.45) is 4.37. The van der Waals surface area contributed by atoms with Crippen molar-refractivity contribution in [2.45, 2.75) is 0 Å². The van der Waals surface area contributed by atoms with Crippen molar-refractivity contribution in [2.75, 3.05) is 7.11 Å². The van der Waals surface area contributed by atoms with Gasteiger partial charge in [-0.2, -0.15) is 0 Å². The van der Waals surface area contributed by atoms with Gasteiger partial charge in [-0.3, -0.25) is 4.98 Å². The predicted octanol–water partition coefficient (Wildman–Crippen LogP) is 0.906. The van der Waals surface area contributed by atoms with E-state index in [0.717, 1.165) is 0 Å². The molecule has 0 radical (unpaired) electrons. The minimum Gasteiger partial charge on any atom is -0.464 e. The molecule has 0 N–H and O–H groups in total. The largest absolute Gasteiger partial charge is 0.464 e. The summed E-state index contributed by atoms with van der Waals surface area (Å²) >= 11 is 0. The summed E-state index contributed by atoms with van der Waals surface area (Å²) < 4.78 is 4.46. The Kier molecular flexibility index (Phi) is 2.53. The lowest BCUT2D eigenvalue weighted by Crippen LogP contribution is -2.05. The number of esters is 1. The van der Waals surface area contributed by atoms with Gasteiger partial charge in [0.25, 0.3) is 0 Å². The van der Waals surface area contributed by atoms with Crippen LogP contribution in [0, 0.1) is 0 Å². The smallest absolute Gasteiger partial charge is 0.358 e. The van der Waals surface area contributed by atoms with E-state index in [1.54, 1.807) is 0 Å². The molecule has 12 heavy (non-hydrogen) atoms. The van der Waals surface area contributed by atoms with Gasteiger partial charge >= 0.3 is 5.97 Å². The number of methoxy groups -OCH3 is 1. The van der Waals surface area contributed by atoms with Gasteiger partial charge in [0.05, 0.1) is 25.2 Å². The molecule has 0 aliphatic heterocycles. The topological polar surface area (TPSA) is 52.1 Å². The van der Waals surface area contributed by atoms with Crippen molar-refractivity contribution < 1.29 is 9.53 Å². The van der Waals surface area contributed by atoms with Crippen LogP contribution in [-0.2, 0) is 4.74 Å². The fourth-order valence-electron chi connectivity index (χ4n) is 0.682. The monoisotopic (exact) mass is 164 g/mol. The van der Waals surface area contributed by atoms with Crippen LogP contribution in [0.3, 0.4) is 0 Å². The molecule has 0 aliphatic carbocycles. The Hall–Kier alpha value is -1.71. The number of carbonyl (C=O) groups excluding carboxylic acids is 1. The van der Waals surface area contributed by atoms with Crippen LogP contribution in [-0.4, -0.2) is 23.0 Å². The lowest BCUT2D eigenvalue weighted by Gasteiger charge is -1.97. The van der Waals surface area contributed by atoms with Crippen LogP contribution in [0.15, 0.2) is 19.0 Å². The van der Waals surface area contributed by atoms with Crippen molar-refractivity contribution in [3.63, 3.8) is 0 Å². The van der Waals surface area contributed by atoms with Crippen LogP contribution in [0.5, 0.6) is 0 Å². The van der Waals surface area contributed by atoms with E-state index in [9.17, 15) is 4.79 Å². The molecule has 0 spiro atoms. The second-order valence-corrected chi connectivity index (χ2v) is 2.02. The van der Waals surface area contributed by atoms with Gasteiger partial charge in [-0.25, -0.2) is 9.78 Å². The van der Waals surface area contributed by atoms with E-state index in [0.29, 0.717) is 5.69 Å². The molecule has 4 heteroatoms. The van der Waals surface area contributed by atoms with E-state index in [1.807, 2.05) is 0 Å². The molecule has 4 nitrogen and oxygen atoms in total. The maximum Gasteiger partial charge on any atom is 0.358 e. The molecule has 62 valence electrons. The summed E-state index contributed by atoms with van der Waals surface area (Å²) in [5.41, 5.74) is 0.743. The zero-order chi connectivity index (χ0) is 8.97. The van der Waals surface area contributed by atoms with Gasteiger partial charge in [0.2, 0.25) is 0 Å². The third-order valence-corrected chi connectivity index (χ3v) is 1.26. The van der Waals surface area contributed by atoms with E-state index in [2.05, 4.69) is 21.3 Å². The molecule has 0 aromatic carbocycles. The van der Waals surface area contributed by atoms with Crippen molar-refractivity contribution in [3.05, 3.63) is 30.4 Å². The van der Waals surface area contributed by atoms with E-state index >= 15 is 0 Å². The molecule has 0 saturated heterocycles. The van der Waals surface area contributed by atoms with Gasteiger partial charge in [0.15, 0.2) is 5.69 Å². The number of ether oxygens (including phenoxy) is 1. The summed E-state index contributed by atoms with van der Waals surface area (Å²) in [7, 11) is 1.30. The first-order valence-electron chi connectivity index (χ1n) is 3.30. The molecular formula is C8H8N2O2. The van der Waals surface area contributed by atoms with Gasteiger partial charge in [0.1, 0.15) is 0 Å². The highest BCUT2D eigenvalue weighted by atomic mass is 16.5. The van der Waals surface area contributed by atoms with Crippen molar-refractivity contribution in [1.29, 1.82) is 0 Å². The highest BCUT2D eigenvalue weighted by molar-refractivity contribution is 5.86. The van der Waals surface area contributed by atoms with Crippen LogP contribution in [0.2, 0.25) is 0 Å². The Balaban J connectivity index is 3.01. The maximum atomic E-state index is 10.9. The number of aromatic nitrogens is 2. The van der Waals surface area contributed by atoms with Crippen LogP contribution in [0.1, 0.15) is 16.2 Å². The van der Waals surface area contributed by atoms with Crippen molar-refractivity contribution >= 4 is 12.0 Å². The normalized spacial score (nSPS) is 9.08. The van der Waals surface area contributed by atoms with Crippen molar-refractivity contribution in [2.24, 2.45) is 0 Å². The van der Waals surface area contributed by atoms with E-state index in [1.165, 1.54) is 25.6 Å². The van der Waals surface area contributed by atoms with E-state index in [-0.39, 0.29) is 5.69 Å². The Bertz CT molecular complexity index is 310. The molecule has 0 atom stereocenters. The molecule has 0 unspecified atom stereocenters. The summed E-state index contributed by atoms with van der Waals surface area (Å²) in [5.74, 6) is -0.494. The third kappa shape index (κ3) is 1.66. The molecular weight excluding hydrogens is 156 g/mol. The van der Waals surface area contributed by atoms with Gasteiger partial charge in [0, 0.05) is 0 Å². The number of hydrogen-bond acceptors (Lipinski definition) is 4. The molecule has 0 saturated carbocycles. The van der Waals surface area contributed by atoms with Gasteiger partial charge in [-0.15, -0.1) is 0 Å². The minimum atomic E-state index is -0.494. The average Bonchev–Trinajstić information content (AvgIpc) is 2.17. The van der Waals surface area contributed by atoms with Crippen molar-refractivity contribution in [1.82, 2.24) is 9.97 Å². The van der Waals surface area contributed by atoms with Crippen LogP contribution in [0.25, 0.3) is 6.08 Å². The van der Waals surface area contributed by atoms with Gasteiger partial charge in [-0.1, -0.05) is 6.58 Å². The van der Waals surface area contributed by atoms with E-state index in [4.69, 9.17) is 0 Å². The SMILES string of the molecule is C=Cc1cncc(C(=O)OC)n1. The number of nitrogens with zero attached hydrogens (tertiary/aromatic N) is 2. The Labute approximate surface area is 69.9 Å². The Morgan fingerprint density at radius 2 is 2.42 bits per heavy atom. The first kappa shape index (κ1) is 8.39. The summed E-state index contributed by atoms with van der Waals surface area (Å²) in [6.45, 7) is 3.50. The summed E-state index contributed by atoms with van der Waals surface area (Å²) in [5, 5.41) is 0. The number of rotatable bonds is 2. The zero-order valence-electron chi connectivity index (χ0n) is 6.65. The molecule has 0 bridgehead atoms. The molecule has 0 amide bonds. The highest BCUT2D eigenvalue weighted by Crippen LogP contribution is 1.98. The summed E-state index contributed by atoms with van der Waals surface area (Å²) in [4.78, 5) is 18.6. The standard InChI is InChI=1S/C8H8N2O2/c1-3-6-4-9-5-7(10-6)8(11)12-2/h3-5H,1H2,2H3. The predicted molar refractivity (Wildman–Crippen MR) is 43.5 cm³/mol. The zero-order valence-corrected chi connectivity index (χ0v) is 6.65. The lowest BCUT2D eigenvalue weighted by atomic mass is 10.4. The summed E-state index contributed by atoms with van der Waals surface area (Å²) in [6, 6.07) is 0. The second kappa shape index (κ2) is 3.61. The molecule has 0 fully saturated rings. The Morgan fingerprint density at radius 1 is 1.67 bits per heavy atom. The van der Waals surface area contributed by atoms with Crippen LogP contribution in [0.4, 0.5) is 0 Å². The quantitative estimate of drug-likeness (QED) is 0.609. The maximum absolute atomic E-state index is 10.9. The van der Waals surface area contributed by atoms with Crippen molar-refractivity contribution in [3.8, 4) is 0 Å². The molecule has 1 aromatic rings. The van der Waals surface area contributed by atoms with Crippen LogP contribution < -0.4 is 0 Å². The minimum absolute atomic E-state index is 0.190. The third-order valence-electron chi connectivity index (χ3n) is 1.26. The highest BCUT2D eigenvalue weighted by Gasteiger charge is 2.06. The number of hydrogen-bond donors (Lipinski definition) is 0.